The molecule has 8 heteroatoms. The predicted octanol–water partition coefficient (Wildman–Crippen LogP) is 2.88. The first kappa shape index (κ1) is 22.7. The van der Waals surface area contributed by atoms with Crippen molar-refractivity contribution < 1.29 is 9.21 Å². The van der Waals surface area contributed by atoms with Crippen molar-refractivity contribution >= 4 is 30.7 Å². The fourth-order valence-corrected chi connectivity index (χ4v) is 4.07. The van der Waals surface area contributed by atoms with Crippen molar-refractivity contribution in [2.45, 2.75) is 44.3 Å². The second-order valence-electron chi connectivity index (χ2n) is 7.31. The number of halogens is 2. The highest BCUT2D eigenvalue weighted by molar-refractivity contribution is 5.85. The van der Waals surface area contributed by atoms with Gasteiger partial charge in [0.2, 0.25) is 11.8 Å². The van der Waals surface area contributed by atoms with Crippen LogP contribution in [0, 0.1) is 0 Å². The van der Waals surface area contributed by atoms with Crippen LogP contribution >= 0.6 is 24.8 Å². The van der Waals surface area contributed by atoms with Crippen LogP contribution in [0.2, 0.25) is 0 Å². The molecule has 1 saturated heterocycles. The van der Waals surface area contributed by atoms with Crippen molar-refractivity contribution in [1.29, 1.82) is 0 Å². The molecule has 154 valence electrons. The standard InChI is InChI=1S/C20H26N4O2.2ClH/c1-23-15(7-8-16(23)12-21)11-19(25)24-10-9-18-17(13-24)22-20(26-18)14-5-3-2-4-6-14;;/h2-6,15-16H,7-13,21H2,1H3;2*1H/t15-,16+;;/m0../s1. The van der Waals surface area contributed by atoms with Gasteiger partial charge in [0.15, 0.2) is 0 Å². The Kier molecular flexibility index (Phi) is 7.89. The first-order valence-electron chi connectivity index (χ1n) is 9.39. The second-order valence-corrected chi connectivity index (χ2v) is 7.31. The number of amides is 1. The van der Waals surface area contributed by atoms with E-state index >= 15 is 0 Å². The normalized spacial score (nSPS) is 21.6. The molecular formula is C20H28Cl2N4O2. The first-order valence-corrected chi connectivity index (χ1v) is 9.39. The molecular weight excluding hydrogens is 399 g/mol. The van der Waals surface area contributed by atoms with E-state index < -0.39 is 0 Å². The topological polar surface area (TPSA) is 75.6 Å². The van der Waals surface area contributed by atoms with Gasteiger partial charge >= 0.3 is 0 Å². The summed E-state index contributed by atoms with van der Waals surface area (Å²) in [6.45, 7) is 1.91. The number of carbonyl (C=O) groups is 1. The largest absolute Gasteiger partial charge is 0.441 e. The lowest BCUT2D eigenvalue weighted by Crippen LogP contribution is -2.42. The third-order valence-electron chi connectivity index (χ3n) is 5.77. The van der Waals surface area contributed by atoms with Crippen molar-refractivity contribution in [2.24, 2.45) is 5.73 Å². The molecule has 28 heavy (non-hydrogen) atoms. The molecule has 0 spiro atoms. The van der Waals surface area contributed by atoms with E-state index in [1.807, 2.05) is 35.2 Å². The van der Waals surface area contributed by atoms with Gasteiger partial charge in [0.25, 0.3) is 0 Å². The molecule has 4 rings (SSSR count). The van der Waals surface area contributed by atoms with E-state index in [1.54, 1.807) is 0 Å². The van der Waals surface area contributed by atoms with Gasteiger partial charge in [-0.15, -0.1) is 24.8 Å². The monoisotopic (exact) mass is 426 g/mol. The molecule has 1 fully saturated rings. The van der Waals surface area contributed by atoms with Crippen LogP contribution in [0.25, 0.3) is 11.5 Å². The van der Waals surface area contributed by atoms with E-state index in [2.05, 4.69) is 16.9 Å². The summed E-state index contributed by atoms with van der Waals surface area (Å²) in [5, 5.41) is 0. The maximum absolute atomic E-state index is 12.8. The SMILES string of the molecule is CN1[C@@H](CN)CC[C@H]1CC(=O)N1CCc2oc(-c3ccccc3)nc2C1.Cl.Cl. The maximum Gasteiger partial charge on any atom is 0.226 e. The number of aromatic nitrogens is 1. The second kappa shape index (κ2) is 9.74. The Morgan fingerprint density at radius 2 is 1.93 bits per heavy atom. The van der Waals surface area contributed by atoms with Crippen molar-refractivity contribution in [3.05, 3.63) is 41.8 Å². The van der Waals surface area contributed by atoms with Crippen molar-refractivity contribution in [3.8, 4) is 11.5 Å². The number of fused-ring (bicyclic) bond motifs is 1. The van der Waals surface area contributed by atoms with E-state index in [4.69, 9.17) is 10.2 Å². The molecule has 1 aromatic carbocycles. The van der Waals surface area contributed by atoms with Gasteiger partial charge in [0.1, 0.15) is 11.5 Å². The van der Waals surface area contributed by atoms with Gasteiger partial charge in [-0.2, -0.15) is 0 Å². The first-order chi connectivity index (χ1) is 12.7. The lowest BCUT2D eigenvalue weighted by Gasteiger charge is -2.29. The molecule has 1 amide bonds. The Labute approximate surface area is 178 Å². The molecule has 0 saturated carbocycles. The zero-order valence-electron chi connectivity index (χ0n) is 16.0. The van der Waals surface area contributed by atoms with Gasteiger partial charge in [-0.1, -0.05) is 18.2 Å². The Balaban J connectivity index is 0.00000140. The van der Waals surface area contributed by atoms with E-state index in [9.17, 15) is 4.79 Å². The Hall–Kier alpha value is -1.60. The maximum atomic E-state index is 12.8. The number of hydrogen-bond acceptors (Lipinski definition) is 5. The lowest BCUT2D eigenvalue weighted by molar-refractivity contribution is -0.133. The summed E-state index contributed by atoms with van der Waals surface area (Å²) in [4.78, 5) is 21.6. The molecule has 0 radical (unpaired) electrons. The fraction of sp³-hybridized carbons (Fsp3) is 0.500. The number of nitrogens with two attached hydrogens (primary N) is 1. The number of benzene rings is 1. The Morgan fingerprint density at radius 3 is 2.61 bits per heavy atom. The average Bonchev–Trinajstić information content (AvgIpc) is 3.25. The van der Waals surface area contributed by atoms with Gasteiger partial charge in [0, 0.05) is 43.6 Å². The summed E-state index contributed by atoms with van der Waals surface area (Å²) in [6, 6.07) is 10.6. The molecule has 2 aromatic rings. The number of likely N-dealkylation sites (N-methyl/N-ethyl adjacent to an activating group) is 1. The number of carbonyl (C=O) groups excluding carboxylic acids is 1. The van der Waals surface area contributed by atoms with Crippen molar-refractivity contribution in [2.75, 3.05) is 20.1 Å². The third kappa shape index (κ3) is 4.51. The zero-order valence-corrected chi connectivity index (χ0v) is 17.7. The Morgan fingerprint density at radius 1 is 1.21 bits per heavy atom. The van der Waals surface area contributed by atoms with Gasteiger partial charge in [-0.05, 0) is 32.0 Å². The summed E-state index contributed by atoms with van der Waals surface area (Å²) >= 11 is 0. The third-order valence-corrected chi connectivity index (χ3v) is 5.77. The van der Waals surface area contributed by atoms with Gasteiger partial charge < -0.3 is 15.1 Å². The van der Waals surface area contributed by atoms with Crippen LogP contribution < -0.4 is 5.73 Å². The minimum absolute atomic E-state index is 0. The molecule has 0 unspecified atom stereocenters. The summed E-state index contributed by atoms with van der Waals surface area (Å²) in [6.07, 6.45) is 3.42. The number of hydrogen-bond donors (Lipinski definition) is 1. The van der Waals surface area contributed by atoms with E-state index in [-0.39, 0.29) is 30.7 Å². The van der Waals surface area contributed by atoms with Gasteiger partial charge in [-0.3, -0.25) is 9.69 Å². The minimum atomic E-state index is 0. The van der Waals surface area contributed by atoms with E-state index in [1.165, 1.54) is 0 Å². The molecule has 2 aliphatic rings. The van der Waals surface area contributed by atoms with Crippen molar-refractivity contribution in [3.63, 3.8) is 0 Å². The van der Waals surface area contributed by atoms with Crippen molar-refractivity contribution in [1.82, 2.24) is 14.8 Å². The summed E-state index contributed by atoms with van der Waals surface area (Å²) in [7, 11) is 2.08. The van der Waals surface area contributed by atoms with Gasteiger partial charge in [0.05, 0.1) is 6.54 Å². The lowest BCUT2D eigenvalue weighted by atomic mass is 10.1. The summed E-state index contributed by atoms with van der Waals surface area (Å²) < 4.78 is 5.93. The highest BCUT2D eigenvalue weighted by Crippen LogP contribution is 2.28. The fourth-order valence-electron chi connectivity index (χ4n) is 4.07. The van der Waals surface area contributed by atoms with Crippen LogP contribution in [0.15, 0.2) is 34.7 Å². The van der Waals surface area contributed by atoms with Crippen LogP contribution in [0.4, 0.5) is 0 Å². The molecule has 0 bridgehead atoms. The molecule has 6 nitrogen and oxygen atoms in total. The smallest absolute Gasteiger partial charge is 0.226 e. The highest BCUT2D eigenvalue weighted by Gasteiger charge is 2.33. The molecule has 2 aliphatic heterocycles. The van der Waals surface area contributed by atoms with Crippen LogP contribution in [0.3, 0.4) is 0 Å². The van der Waals surface area contributed by atoms with E-state index in [0.29, 0.717) is 44.0 Å². The minimum Gasteiger partial charge on any atom is -0.441 e. The summed E-state index contributed by atoms with van der Waals surface area (Å²) in [5.74, 6) is 1.76. The van der Waals surface area contributed by atoms with Gasteiger partial charge in [-0.25, -0.2) is 4.98 Å². The molecule has 2 atom stereocenters. The molecule has 0 aliphatic carbocycles. The number of likely N-dealkylation sites (tertiary alicyclic amines) is 1. The predicted molar refractivity (Wildman–Crippen MR) is 114 cm³/mol. The van der Waals surface area contributed by atoms with Crippen LogP contribution in [0.5, 0.6) is 0 Å². The Bertz CT molecular complexity index is 784. The highest BCUT2D eigenvalue weighted by atomic mass is 35.5. The molecule has 2 N–H and O–H groups in total. The van der Waals surface area contributed by atoms with E-state index in [0.717, 1.165) is 36.3 Å². The summed E-state index contributed by atoms with van der Waals surface area (Å²) in [5.41, 5.74) is 7.67. The zero-order chi connectivity index (χ0) is 18.1. The number of nitrogens with zero attached hydrogens (tertiary/aromatic N) is 3. The number of oxazole rings is 1. The number of rotatable bonds is 4. The quantitative estimate of drug-likeness (QED) is 0.812. The van der Waals surface area contributed by atoms with Crippen LogP contribution in [-0.4, -0.2) is 52.9 Å². The average molecular weight is 427 g/mol. The van der Waals surface area contributed by atoms with Crippen LogP contribution in [-0.2, 0) is 17.8 Å². The molecule has 1 aromatic heterocycles. The van der Waals surface area contributed by atoms with Crippen LogP contribution in [0.1, 0.15) is 30.7 Å². The molecule has 3 heterocycles.